The highest BCUT2D eigenvalue weighted by atomic mass is 16.2. The second kappa shape index (κ2) is 7.59. The molecule has 4 heteroatoms. The lowest BCUT2D eigenvalue weighted by Crippen LogP contribution is -2.43. The first-order valence-corrected chi connectivity index (χ1v) is 7.60. The maximum absolute atomic E-state index is 12.6. The number of carbonyl (C=O) groups excluding carboxylic acids is 1. The van der Waals surface area contributed by atoms with Gasteiger partial charge in [0, 0.05) is 18.8 Å². The van der Waals surface area contributed by atoms with Gasteiger partial charge in [-0.2, -0.15) is 0 Å². The zero-order valence-electron chi connectivity index (χ0n) is 13.4. The zero-order valence-corrected chi connectivity index (χ0v) is 13.4. The van der Waals surface area contributed by atoms with Crippen molar-refractivity contribution in [3.63, 3.8) is 0 Å². The molecule has 0 saturated heterocycles. The van der Waals surface area contributed by atoms with Crippen LogP contribution in [-0.4, -0.2) is 22.0 Å². The van der Waals surface area contributed by atoms with Gasteiger partial charge in [-0.3, -0.25) is 4.98 Å². The van der Waals surface area contributed by atoms with Crippen LogP contribution in [0.1, 0.15) is 38.1 Å². The Kier molecular flexibility index (Phi) is 5.53. The zero-order chi connectivity index (χ0) is 15.9. The van der Waals surface area contributed by atoms with E-state index in [4.69, 9.17) is 0 Å². The number of nitrogens with one attached hydrogen (secondary N) is 1. The van der Waals surface area contributed by atoms with Crippen molar-refractivity contribution < 1.29 is 4.79 Å². The molecular weight excluding hydrogens is 274 g/mol. The molecule has 1 aromatic carbocycles. The molecule has 116 valence electrons. The molecule has 0 spiro atoms. The van der Waals surface area contributed by atoms with E-state index < -0.39 is 0 Å². The predicted molar refractivity (Wildman–Crippen MR) is 88.3 cm³/mol. The van der Waals surface area contributed by atoms with E-state index in [0.717, 1.165) is 11.3 Å². The molecule has 0 aliphatic heterocycles. The minimum Gasteiger partial charge on any atom is -0.336 e. The van der Waals surface area contributed by atoms with Gasteiger partial charge in [-0.25, -0.2) is 4.79 Å². The molecule has 1 N–H and O–H groups in total. The molecular formula is C18H23N3O. The van der Waals surface area contributed by atoms with E-state index in [0.29, 0.717) is 6.54 Å². The van der Waals surface area contributed by atoms with Crippen LogP contribution in [0, 0.1) is 0 Å². The number of hydrogen-bond donors (Lipinski definition) is 1. The normalized spacial score (nSPS) is 12.0. The number of carbonyl (C=O) groups is 1. The minimum absolute atomic E-state index is 0.0722. The summed E-state index contributed by atoms with van der Waals surface area (Å²) in [5.41, 5.74) is 1.99. The van der Waals surface area contributed by atoms with Gasteiger partial charge in [0.1, 0.15) is 0 Å². The molecule has 1 aromatic heterocycles. The molecule has 0 radical (unpaired) electrons. The highest BCUT2D eigenvalue weighted by Gasteiger charge is 2.22. The minimum atomic E-state index is -0.0971. The van der Waals surface area contributed by atoms with Crippen LogP contribution in [0.15, 0.2) is 54.7 Å². The summed E-state index contributed by atoms with van der Waals surface area (Å²) in [6.45, 7) is 6.48. The first-order valence-electron chi connectivity index (χ1n) is 7.60. The van der Waals surface area contributed by atoms with Crippen LogP contribution in [0.4, 0.5) is 4.79 Å². The summed E-state index contributed by atoms with van der Waals surface area (Å²) in [6.07, 6.45) is 1.76. The molecule has 1 atom stereocenters. The highest BCUT2D eigenvalue weighted by Crippen LogP contribution is 2.20. The monoisotopic (exact) mass is 297 g/mol. The van der Waals surface area contributed by atoms with Crippen LogP contribution in [0.5, 0.6) is 0 Å². The van der Waals surface area contributed by atoms with Crippen molar-refractivity contribution in [3.8, 4) is 0 Å². The summed E-state index contributed by atoms with van der Waals surface area (Å²) in [4.78, 5) is 18.8. The Morgan fingerprint density at radius 3 is 2.36 bits per heavy atom. The number of rotatable bonds is 5. The summed E-state index contributed by atoms with van der Waals surface area (Å²) in [6, 6.07) is 15.7. The van der Waals surface area contributed by atoms with Crippen LogP contribution >= 0.6 is 0 Å². The summed E-state index contributed by atoms with van der Waals surface area (Å²) in [7, 11) is 0. The van der Waals surface area contributed by atoms with Gasteiger partial charge in [-0.05, 0) is 38.5 Å². The van der Waals surface area contributed by atoms with E-state index >= 15 is 0 Å². The van der Waals surface area contributed by atoms with E-state index in [9.17, 15) is 4.79 Å². The molecule has 2 rings (SSSR count). The lowest BCUT2D eigenvalue weighted by atomic mass is 10.1. The number of amides is 2. The van der Waals surface area contributed by atoms with Crippen LogP contribution in [0.3, 0.4) is 0 Å². The fraction of sp³-hybridized carbons (Fsp3) is 0.333. The van der Waals surface area contributed by atoms with E-state index in [1.807, 2.05) is 74.2 Å². The standard InChI is InChI=1S/C18H23N3O/c1-14(2)20-18(22)21(13-16-9-5-4-6-10-16)15(3)17-11-7-8-12-19-17/h4-12,14-15H,13H2,1-3H3,(H,20,22). The van der Waals surface area contributed by atoms with Crippen molar-refractivity contribution in [1.82, 2.24) is 15.2 Å². The molecule has 2 aromatic rings. The molecule has 22 heavy (non-hydrogen) atoms. The van der Waals surface area contributed by atoms with Crippen LogP contribution in [-0.2, 0) is 6.54 Å². The Morgan fingerprint density at radius 2 is 1.77 bits per heavy atom. The number of hydrogen-bond acceptors (Lipinski definition) is 2. The third-order valence-electron chi connectivity index (χ3n) is 3.45. The highest BCUT2D eigenvalue weighted by molar-refractivity contribution is 5.75. The second-order valence-corrected chi connectivity index (χ2v) is 5.65. The predicted octanol–water partition coefficient (Wildman–Crippen LogP) is 3.76. The third kappa shape index (κ3) is 4.32. The van der Waals surface area contributed by atoms with Gasteiger partial charge < -0.3 is 10.2 Å². The Morgan fingerprint density at radius 1 is 1.09 bits per heavy atom. The first kappa shape index (κ1) is 16.0. The number of aromatic nitrogens is 1. The lowest BCUT2D eigenvalue weighted by molar-refractivity contribution is 0.171. The maximum atomic E-state index is 12.6. The summed E-state index contributed by atoms with van der Waals surface area (Å²) in [5.74, 6) is 0. The van der Waals surface area contributed by atoms with Gasteiger partial charge in [0.05, 0.1) is 11.7 Å². The number of urea groups is 1. The largest absolute Gasteiger partial charge is 0.336 e. The lowest BCUT2D eigenvalue weighted by Gasteiger charge is -2.30. The van der Waals surface area contributed by atoms with Crippen molar-refractivity contribution in [2.75, 3.05) is 0 Å². The van der Waals surface area contributed by atoms with Gasteiger partial charge in [-0.15, -0.1) is 0 Å². The molecule has 1 heterocycles. The second-order valence-electron chi connectivity index (χ2n) is 5.65. The van der Waals surface area contributed by atoms with E-state index in [2.05, 4.69) is 10.3 Å². The molecule has 0 aliphatic carbocycles. The molecule has 0 saturated carbocycles. The van der Waals surface area contributed by atoms with Gasteiger partial charge in [0.15, 0.2) is 0 Å². The molecule has 1 unspecified atom stereocenters. The number of pyridine rings is 1. The van der Waals surface area contributed by atoms with Crippen molar-refractivity contribution in [2.24, 2.45) is 0 Å². The Labute approximate surface area is 132 Å². The van der Waals surface area contributed by atoms with Crippen molar-refractivity contribution in [3.05, 3.63) is 66.0 Å². The van der Waals surface area contributed by atoms with Gasteiger partial charge in [-0.1, -0.05) is 36.4 Å². The van der Waals surface area contributed by atoms with Crippen molar-refractivity contribution in [2.45, 2.75) is 39.4 Å². The van der Waals surface area contributed by atoms with Crippen molar-refractivity contribution >= 4 is 6.03 Å². The molecule has 2 amide bonds. The molecule has 0 bridgehead atoms. The van der Waals surface area contributed by atoms with E-state index in [1.54, 1.807) is 6.20 Å². The summed E-state index contributed by atoms with van der Waals surface area (Å²) < 4.78 is 0. The molecule has 4 nitrogen and oxygen atoms in total. The van der Waals surface area contributed by atoms with Gasteiger partial charge >= 0.3 is 6.03 Å². The smallest absolute Gasteiger partial charge is 0.318 e. The fourth-order valence-electron chi connectivity index (χ4n) is 2.28. The Hall–Kier alpha value is -2.36. The Bertz CT molecular complexity index is 584. The Balaban J connectivity index is 2.22. The fourth-order valence-corrected chi connectivity index (χ4v) is 2.28. The van der Waals surface area contributed by atoms with Crippen LogP contribution < -0.4 is 5.32 Å². The number of benzene rings is 1. The average molecular weight is 297 g/mol. The summed E-state index contributed by atoms with van der Waals surface area (Å²) in [5, 5.41) is 2.97. The topological polar surface area (TPSA) is 45.2 Å². The van der Waals surface area contributed by atoms with Crippen molar-refractivity contribution in [1.29, 1.82) is 0 Å². The maximum Gasteiger partial charge on any atom is 0.318 e. The SMILES string of the molecule is CC(C)NC(=O)N(Cc1ccccc1)C(C)c1ccccn1. The molecule has 0 fully saturated rings. The third-order valence-corrected chi connectivity index (χ3v) is 3.45. The van der Waals surface area contributed by atoms with Gasteiger partial charge in [0.2, 0.25) is 0 Å². The summed E-state index contributed by atoms with van der Waals surface area (Å²) >= 11 is 0. The first-order chi connectivity index (χ1) is 10.6. The quantitative estimate of drug-likeness (QED) is 0.913. The molecule has 0 aliphatic rings. The average Bonchev–Trinajstić information content (AvgIpc) is 2.53. The number of nitrogens with zero attached hydrogens (tertiary/aromatic N) is 2. The van der Waals surface area contributed by atoms with E-state index in [-0.39, 0.29) is 18.1 Å². The van der Waals surface area contributed by atoms with E-state index in [1.165, 1.54) is 0 Å². The van der Waals surface area contributed by atoms with Crippen LogP contribution in [0.2, 0.25) is 0 Å². The van der Waals surface area contributed by atoms with Crippen LogP contribution in [0.25, 0.3) is 0 Å². The van der Waals surface area contributed by atoms with Gasteiger partial charge in [0.25, 0.3) is 0 Å².